The van der Waals surface area contributed by atoms with E-state index in [4.69, 9.17) is 13.9 Å². The van der Waals surface area contributed by atoms with Crippen molar-refractivity contribution in [3.05, 3.63) is 47.9 Å². The van der Waals surface area contributed by atoms with Gasteiger partial charge in [-0.05, 0) is 24.3 Å². The molecule has 1 aromatic carbocycles. The van der Waals surface area contributed by atoms with Crippen molar-refractivity contribution in [1.82, 2.24) is 9.80 Å². The van der Waals surface area contributed by atoms with E-state index in [1.54, 1.807) is 40.1 Å². The summed E-state index contributed by atoms with van der Waals surface area (Å²) in [5, 5.41) is 0. The van der Waals surface area contributed by atoms with Crippen molar-refractivity contribution >= 4 is 11.8 Å². The minimum Gasteiger partial charge on any atom is -0.496 e. The van der Waals surface area contributed by atoms with Gasteiger partial charge in [-0.1, -0.05) is 6.07 Å². The number of piperazine rings is 1. The van der Waals surface area contributed by atoms with Crippen LogP contribution < -0.4 is 9.47 Å². The van der Waals surface area contributed by atoms with Crippen LogP contribution in [0.1, 0.15) is 20.9 Å². The number of carbonyl (C=O) groups excluding carboxylic acids is 2. The van der Waals surface area contributed by atoms with Crippen molar-refractivity contribution in [2.45, 2.75) is 0 Å². The molecule has 0 radical (unpaired) electrons. The van der Waals surface area contributed by atoms with E-state index in [1.807, 2.05) is 0 Å². The lowest BCUT2D eigenvalue weighted by atomic mass is 10.1. The van der Waals surface area contributed by atoms with E-state index in [-0.39, 0.29) is 11.8 Å². The average molecular weight is 344 g/mol. The SMILES string of the molecule is COc1cccc(OC)c1C(=O)N1CCN(C(=O)c2ccco2)CC1. The summed E-state index contributed by atoms with van der Waals surface area (Å²) >= 11 is 0. The normalized spacial score (nSPS) is 14.3. The molecule has 3 rings (SSSR count). The molecule has 1 aliphatic rings. The molecule has 1 aromatic heterocycles. The van der Waals surface area contributed by atoms with Gasteiger partial charge in [0.1, 0.15) is 17.1 Å². The Balaban J connectivity index is 1.71. The maximum absolute atomic E-state index is 12.9. The number of ether oxygens (including phenoxy) is 2. The first-order valence-corrected chi connectivity index (χ1v) is 7.98. The van der Waals surface area contributed by atoms with Crippen LogP contribution in [0.3, 0.4) is 0 Å². The minimum absolute atomic E-state index is 0.160. The van der Waals surface area contributed by atoms with Crippen LogP contribution in [0.15, 0.2) is 41.0 Å². The first-order chi connectivity index (χ1) is 12.2. The predicted octanol–water partition coefficient (Wildman–Crippen LogP) is 1.90. The van der Waals surface area contributed by atoms with Gasteiger partial charge in [-0.25, -0.2) is 0 Å². The molecule has 0 atom stereocenters. The van der Waals surface area contributed by atoms with Gasteiger partial charge in [0.05, 0.1) is 20.5 Å². The highest BCUT2D eigenvalue weighted by molar-refractivity contribution is 6.00. The largest absolute Gasteiger partial charge is 0.496 e. The Labute approximate surface area is 145 Å². The quantitative estimate of drug-likeness (QED) is 0.847. The highest BCUT2D eigenvalue weighted by Gasteiger charge is 2.29. The number of rotatable bonds is 4. The molecule has 0 spiro atoms. The second kappa shape index (κ2) is 7.29. The van der Waals surface area contributed by atoms with Crippen LogP contribution >= 0.6 is 0 Å². The van der Waals surface area contributed by atoms with Gasteiger partial charge in [-0.15, -0.1) is 0 Å². The summed E-state index contributed by atoms with van der Waals surface area (Å²) in [6.45, 7) is 1.77. The smallest absolute Gasteiger partial charge is 0.289 e. The molecule has 0 aliphatic carbocycles. The van der Waals surface area contributed by atoms with Gasteiger partial charge in [-0.2, -0.15) is 0 Å². The van der Waals surface area contributed by atoms with Crippen molar-refractivity contribution in [2.24, 2.45) is 0 Å². The Kier molecular flexibility index (Phi) is 4.92. The third-order valence-electron chi connectivity index (χ3n) is 4.23. The second-order valence-electron chi connectivity index (χ2n) is 5.60. The van der Waals surface area contributed by atoms with Crippen LogP contribution in [0.5, 0.6) is 11.5 Å². The Morgan fingerprint density at radius 1 is 0.880 bits per heavy atom. The molecule has 132 valence electrons. The van der Waals surface area contributed by atoms with Gasteiger partial charge in [0.25, 0.3) is 11.8 Å². The van der Waals surface area contributed by atoms with Crippen molar-refractivity contribution in [2.75, 3.05) is 40.4 Å². The number of furan rings is 1. The Bertz CT molecular complexity index is 727. The Morgan fingerprint density at radius 3 is 1.92 bits per heavy atom. The van der Waals surface area contributed by atoms with Crippen LogP contribution in [0, 0.1) is 0 Å². The topological polar surface area (TPSA) is 72.2 Å². The van der Waals surface area contributed by atoms with Crippen LogP contribution in [0.4, 0.5) is 0 Å². The minimum atomic E-state index is -0.167. The highest BCUT2D eigenvalue weighted by atomic mass is 16.5. The summed E-state index contributed by atoms with van der Waals surface area (Å²) in [7, 11) is 3.04. The zero-order chi connectivity index (χ0) is 17.8. The predicted molar refractivity (Wildman–Crippen MR) is 90.1 cm³/mol. The zero-order valence-corrected chi connectivity index (χ0v) is 14.2. The van der Waals surface area contributed by atoms with E-state index in [0.29, 0.717) is 49.0 Å². The van der Waals surface area contributed by atoms with Crippen LogP contribution in [-0.2, 0) is 0 Å². The zero-order valence-electron chi connectivity index (χ0n) is 14.2. The van der Waals surface area contributed by atoms with Crippen LogP contribution in [0.25, 0.3) is 0 Å². The summed E-state index contributed by atoms with van der Waals surface area (Å²) in [6, 6.07) is 8.55. The van der Waals surface area contributed by atoms with Gasteiger partial charge >= 0.3 is 0 Å². The number of amides is 2. The van der Waals surface area contributed by atoms with Crippen molar-refractivity contribution in [3.8, 4) is 11.5 Å². The molecule has 2 aromatic rings. The van der Waals surface area contributed by atoms with E-state index < -0.39 is 0 Å². The summed E-state index contributed by atoms with van der Waals surface area (Å²) in [5.74, 6) is 0.925. The van der Waals surface area contributed by atoms with Crippen LogP contribution in [0.2, 0.25) is 0 Å². The van der Waals surface area contributed by atoms with E-state index in [2.05, 4.69) is 0 Å². The molecule has 0 N–H and O–H groups in total. The summed E-state index contributed by atoms with van der Waals surface area (Å²) in [5.41, 5.74) is 0.401. The third-order valence-corrected chi connectivity index (χ3v) is 4.23. The van der Waals surface area contributed by atoms with Gasteiger partial charge in [-0.3, -0.25) is 9.59 Å². The lowest BCUT2D eigenvalue weighted by Gasteiger charge is -2.34. The van der Waals surface area contributed by atoms with Gasteiger partial charge in [0.2, 0.25) is 0 Å². The molecular weight excluding hydrogens is 324 g/mol. The maximum Gasteiger partial charge on any atom is 0.289 e. The number of hydrogen-bond acceptors (Lipinski definition) is 5. The molecule has 1 aliphatic heterocycles. The standard InChI is InChI=1S/C18H20N2O5/c1-23-13-5-3-6-14(24-2)16(13)18(22)20-10-8-19(9-11-20)17(21)15-7-4-12-25-15/h3-7,12H,8-11H2,1-2H3. The molecule has 0 saturated carbocycles. The monoisotopic (exact) mass is 344 g/mol. The molecule has 1 fully saturated rings. The molecule has 7 nitrogen and oxygen atoms in total. The number of methoxy groups -OCH3 is 2. The van der Waals surface area contributed by atoms with E-state index in [0.717, 1.165) is 0 Å². The molecule has 2 heterocycles. The van der Waals surface area contributed by atoms with E-state index in [9.17, 15) is 9.59 Å². The average Bonchev–Trinajstić information content (AvgIpc) is 3.21. The molecular formula is C18H20N2O5. The molecule has 1 saturated heterocycles. The fraction of sp³-hybridized carbons (Fsp3) is 0.333. The first kappa shape index (κ1) is 16.9. The van der Waals surface area contributed by atoms with Gasteiger partial charge < -0.3 is 23.7 Å². The molecule has 25 heavy (non-hydrogen) atoms. The van der Waals surface area contributed by atoms with Gasteiger partial charge in [0.15, 0.2) is 5.76 Å². The second-order valence-corrected chi connectivity index (χ2v) is 5.60. The summed E-state index contributed by atoms with van der Waals surface area (Å²) in [4.78, 5) is 28.6. The lowest BCUT2D eigenvalue weighted by Crippen LogP contribution is -2.50. The Morgan fingerprint density at radius 2 is 1.44 bits per heavy atom. The number of hydrogen-bond donors (Lipinski definition) is 0. The number of benzene rings is 1. The first-order valence-electron chi connectivity index (χ1n) is 7.98. The third kappa shape index (κ3) is 3.31. The van der Waals surface area contributed by atoms with Crippen molar-refractivity contribution in [3.63, 3.8) is 0 Å². The summed E-state index contributed by atoms with van der Waals surface area (Å²) in [6.07, 6.45) is 1.47. The molecule has 0 unspecified atom stereocenters. The van der Waals surface area contributed by atoms with Crippen LogP contribution in [-0.4, -0.2) is 62.0 Å². The Hall–Kier alpha value is -2.96. The number of nitrogens with zero attached hydrogens (tertiary/aromatic N) is 2. The van der Waals surface area contributed by atoms with E-state index >= 15 is 0 Å². The maximum atomic E-state index is 12.9. The highest BCUT2D eigenvalue weighted by Crippen LogP contribution is 2.29. The number of carbonyl (C=O) groups is 2. The molecule has 7 heteroatoms. The van der Waals surface area contributed by atoms with Crippen molar-refractivity contribution < 1.29 is 23.5 Å². The molecule has 2 amide bonds. The van der Waals surface area contributed by atoms with Gasteiger partial charge in [0, 0.05) is 26.2 Å². The molecule has 0 bridgehead atoms. The van der Waals surface area contributed by atoms with Crippen molar-refractivity contribution in [1.29, 1.82) is 0 Å². The summed E-state index contributed by atoms with van der Waals surface area (Å²) < 4.78 is 15.8. The lowest BCUT2D eigenvalue weighted by molar-refractivity contribution is 0.0514. The van der Waals surface area contributed by atoms with E-state index in [1.165, 1.54) is 20.5 Å². The fourth-order valence-corrected chi connectivity index (χ4v) is 2.89. The fourth-order valence-electron chi connectivity index (χ4n) is 2.89.